The summed E-state index contributed by atoms with van der Waals surface area (Å²) in [5.41, 5.74) is 4.40. The van der Waals surface area contributed by atoms with Crippen LogP contribution in [0.25, 0.3) is 0 Å². The smallest absolute Gasteiger partial charge is 0.351 e. The second-order valence-electron chi connectivity index (χ2n) is 6.48. The molecule has 0 unspecified atom stereocenters. The molecule has 8 heteroatoms. The van der Waals surface area contributed by atoms with Crippen LogP contribution in [0.2, 0.25) is 0 Å². The van der Waals surface area contributed by atoms with Gasteiger partial charge in [0, 0.05) is 6.20 Å². The third-order valence-electron chi connectivity index (χ3n) is 4.28. The summed E-state index contributed by atoms with van der Waals surface area (Å²) in [4.78, 5) is 15.8. The minimum absolute atomic E-state index is 0.150. The highest BCUT2D eigenvalue weighted by Gasteiger charge is 2.59. The quantitative estimate of drug-likeness (QED) is 0.783. The van der Waals surface area contributed by atoms with Crippen molar-refractivity contribution in [2.24, 2.45) is 5.41 Å². The van der Waals surface area contributed by atoms with Crippen LogP contribution in [0.4, 0.5) is 5.82 Å². The van der Waals surface area contributed by atoms with E-state index in [4.69, 9.17) is 19.9 Å². The maximum absolute atomic E-state index is 12.1. The summed E-state index contributed by atoms with van der Waals surface area (Å²) in [6.07, 6.45) is -0.0402. The molecule has 0 spiro atoms. The van der Waals surface area contributed by atoms with Gasteiger partial charge in [0.05, 0.1) is 18.6 Å². The highest BCUT2D eigenvalue weighted by atomic mass is 16.7. The van der Waals surface area contributed by atoms with Crippen LogP contribution in [0.3, 0.4) is 0 Å². The lowest BCUT2D eigenvalue weighted by Gasteiger charge is -2.45. The first-order chi connectivity index (χ1) is 10.3. The first-order valence-corrected chi connectivity index (χ1v) is 7.19. The molecule has 0 aliphatic carbocycles. The number of nitrogen functional groups attached to an aromatic ring is 1. The molecule has 0 aromatic carbocycles. The lowest BCUT2D eigenvalue weighted by Crippen LogP contribution is -2.55. The molecule has 2 fully saturated rings. The molecule has 8 nitrogen and oxygen atoms in total. The molecular formula is C14H21N3O5. The summed E-state index contributed by atoms with van der Waals surface area (Å²) >= 11 is 0. The molecule has 3 rings (SSSR count). The molecule has 2 aliphatic rings. The lowest BCUT2D eigenvalue weighted by molar-refractivity contribution is -0.314. The van der Waals surface area contributed by atoms with E-state index < -0.39 is 35.3 Å². The van der Waals surface area contributed by atoms with Crippen LogP contribution in [0.5, 0.6) is 0 Å². The number of hydrogen-bond donors (Lipinski definition) is 2. The maximum atomic E-state index is 12.1. The lowest BCUT2D eigenvalue weighted by atomic mass is 9.81. The minimum Gasteiger partial charge on any atom is -0.394 e. The Morgan fingerprint density at radius 1 is 1.50 bits per heavy atom. The summed E-state index contributed by atoms with van der Waals surface area (Å²) in [6, 6.07) is 1.53. The largest absolute Gasteiger partial charge is 0.394 e. The van der Waals surface area contributed by atoms with Gasteiger partial charge in [-0.25, -0.2) is 4.79 Å². The summed E-state index contributed by atoms with van der Waals surface area (Å²) in [6.45, 7) is 5.67. The Morgan fingerprint density at radius 3 is 2.86 bits per heavy atom. The van der Waals surface area contributed by atoms with Crippen LogP contribution >= 0.6 is 0 Å². The van der Waals surface area contributed by atoms with Crippen molar-refractivity contribution >= 4 is 5.82 Å². The van der Waals surface area contributed by atoms with E-state index in [1.165, 1.54) is 16.8 Å². The molecule has 0 radical (unpaired) electrons. The van der Waals surface area contributed by atoms with Gasteiger partial charge >= 0.3 is 5.69 Å². The average Bonchev–Trinajstić information content (AvgIpc) is 2.71. The van der Waals surface area contributed by atoms with Crippen LogP contribution in [0.1, 0.15) is 27.0 Å². The molecule has 1 aromatic heterocycles. The zero-order valence-electron chi connectivity index (χ0n) is 12.9. The van der Waals surface area contributed by atoms with E-state index in [0.717, 1.165) is 0 Å². The molecule has 3 heterocycles. The number of rotatable bonds is 2. The van der Waals surface area contributed by atoms with Crippen molar-refractivity contribution in [1.29, 1.82) is 0 Å². The van der Waals surface area contributed by atoms with Gasteiger partial charge in [-0.1, -0.05) is 6.92 Å². The van der Waals surface area contributed by atoms with E-state index in [1.54, 1.807) is 0 Å². The second-order valence-corrected chi connectivity index (χ2v) is 6.48. The third kappa shape index (κ3) is 2.32. The van der Waals surface area contributed by atoms with E-state index in [0.29, 0.717) is 6.61 Å². The first kappa shape index (κ1) is 15.4. The molecule has 3 N–H and O–H groups in total. The van der Waals surface area contributed by atoms with E-state index in [-0.39, 0.29) is 12.4 Å². The minimum atomic E-state index is -0.764. The van der Waals surface area contributed by atoms with Gasteiger partial charge in [-0.05, 0) is 19.9 Å². The second kappa shape index (κ2) is 5.02. The number of fused-ring (bicyclic) bond motifs is 1. The molecule has 2 aliphatic heterocycles. The predicted octanol–water partition coefficient (Wildman–Crippen LogP) is -0.127. The standard InChI is InChI=1S/C14H21N3O5/c1-13(2)20-7-14(3)10(22-13)8(6-18)21-11(14)17-5-4-9(15)16-12(17)19/h4-5,8,10-11,18H,6-7H2,1-3H3,(H2,15,16,19)/t8-,10-,11-,14-/m1/s1. The predicted molar refractivity (Wildman–Crippen MR) is 76.9 cm³/mol. The van der Waals surface area contributed by atoms with Gasteiger partial charge in [-0.2, -0.15) is 4.98 Å². The number of aromatic nitrogens is 2. The van der Waals surface area contributed by atoms with Gasteiger partial charge in [-0.15, -0.1) is 0 Å². The van der Waals surface area contributed by atoms with Crippen LogP contribution in [0, 0.1) is 5.41 Å². The van der Waals surface area contributed by atoms with Crippen LogP contribution in [-0.2, 0) is 14.2 Å². The molecule has 1 aromatic rings. The van der Waals surface area contributed by atoms with Crippen LogP contribution in [0.15, 0.2) is 17.1 Å². The number of nitrogens with zero attached hydrogens (tertiary/aromatic N) is 2. The molecule has 0 saturated carbocycles. The number of anilines is 1. The van der Waals surface area contributed by atoms with E-state index in [1.807, 2.05) is 20.8 Å². The Balaban J connectivity index is 2.01. The number of aliphatic hydroxyl groups excluding tert-OH is 1. The molecule has 22 heavy (non-hydrogen) atoms. The Hall–Kier alpha value is -1.48. The molecular weight excluding hydrogens is 290 g/mol. The van der Waals surface area contributed by atoms with Gasteiger partial charge in [0.15, 0.2) is 5.79 Å². The topological polar surface area (TPSA) is 109 Å². The number of ether oxygens (including phenoxy) is 3. The number of hydrogen-bond acceptors (Lipinski definition) is 7. The highest BCUT2D eigenvalue weighted by molar-refractivity contribution is 5.23. The highest BCUT2D eigenvalue weighted by Crippen LogP contribution is 2.50. The fourth-order valence-corrected chi connectivity index (χ4v) is 3.12. The zero-order chi connectivity index (χ0) is 16.1. The summed E-state index contributed by atoms with van der Waals surface area (Å²) in [7, 11) is 0. The Bertz CT molecular complexity index is 631. The Labute approximate surface area is 127 Å². The van der Waals surface area contributed by atoms with Gasteiger partial charge in [-0.3, -0.25) is 4.57 Å². The van der Waals surface area contributed by atoms with Crippen molar-refractivity contribution in [3.05, 3.63) is 22.7 Å². The van der Waals surface area contributed by atoms with Crippen molar-refractivity contribution in [3.8, 4) is 0 Å². The summed E-state index contributed by atoms with van der Waals surface area (Å²) in [5.74, 6) is -0.614. The van der Waals surface area contributed by atoms with Crippen molar-refractivity contribution < 1.29 is 19.3 Å². The Kier molecular flexibility index (Phi) is 3.52. The van der Waals surface area contributed by atoms with Gasteiger partial charge in [0.2, 0.25) is 0 Å². The van der Waals surface area contributed by atoms with Gasteiger partial charge in [0.25, 0.3) is 0 Å². The van der Waals surface area contributed by atoms with Crippen molar-refractivity contribution in [3.63, 3.8) is 0 Å². The summed E-state index contributed by atoms with van der Waals surface area (Å²) < 4.78 is 19.0. The molecule has 122 valence electrons. The van der Waals surface area contributed by atoms with E-state index in [2.05, 4.69) is 4.98 Å². The van der Waals surface area contributed by atoms with E-state index >= 15 is 0 Å². The van der Waals surface area contributed by atoms with Crippen molar-refractivity contribution in [1.82, 2.24) is 9.55 Å². The van der Waals surface area contributed by atoms with Crippen LogP contribution in [-0.4, -0.2) is 45.9 Å². The van der Waals surface area contributed by atoms with Crippen molar-refractivity contribution in [2.75, 3.05) is 18.9 Å². The molecule has 2 saturated heterocycles. The molecule has 0 amide bonds. The monoisotopic (exact) mass is 311 g/mol. The zero-order valence-corrected chi connectivity index (χ0v) is 12.9. The third-order valence-corrected chi connectivity index (χ3v) is 4.28. The molecule has 4 atom stereocenters. The van der Waals surface area contributed by atoms with E-state index in [9.17, 15) is 9.90 Å². The average molecular weight is 311 g/mol. The normalized spacial score (nSPS) is 37.0. The maximum Gasteiger partial charge on any atom is 0.351 e. The Morgan fingerprint density at radius 2 is 2.23 bits per heavy atom. The van der Waals surface area contributed by atoms with Crippen LogP contribution < -0.4 is 11.4 Å². The summed E-state index contributed by atoms with van der Waals surface area (Å²) in [5, 5.41) is 9.60. The van der Waals surface area contributed by atoms with Gasteiger partial charge in [0.1, 0.15) is 24.3 Å². The number of nitrogens with two attached hydrogens (primary N) is 1. The first-order valence-electron chi connectivity index (χ1n) is 7.19. The van der Waals surface area contributed by atoms with Gasteiger partial charge < -0.3 is 25.1 Å². The van der Waals surface area contributed by atoms with Crippen molar-refractivity contribution in [2.45, 2.75) is 45.0 Å². The number of aliphatic hydroxyl groups is 1. The fourth-order valence-electron chi connectivity index (χ4n) is 3.12. The fraction of sp³-hybridized carbons (Fsp3) is 0.714. The molecule has 0 bridgehead atoms. The SMILES string of the molecule is CC1(C)OC[C@]2(C)[C@H](O1)[C@@H](CO)O[C@H]2n1ccc(N)nc1=O.